The van der Waals surface area contributed by atoms with Gasteiger partial charge in [-0.25, -0.2) is 8.42 Å². The Morgan fingerprint density at radius 3 is 2.95 bits per heavy atom. The molecule has 0 radical (unpaired) electrons. The fourth-order valence-corrected chi connectivity index (χ4v) is 4.73. The lowest BCUT2D eigenvalue weighted by Crippen LogP contribution is -2.50. The lowest BCUT2D eigenvalue weighted by atomic mass is 10.1. The van der Waals surface area contributed by atoms with Crippen molar-refractivity contribution in [3.63, 3.8) is 0 Å². The standard InChI is InChI=1S/C13H18BrNO3S/c1-2-15-12-6-7-18-9-13(12)19(16,17)11-5-3-4-10(14)8-11/h3-5,8,12-13,15H,2,6-7,9H2,1H3. The average molecular weight is 348 g/mol. The van der Waals surface area contributed by atoms with Gasteiger partial charge in [0.1, 0.15) is 5.25 Å². The topological polar surface area (TPSA) is 55.4 Å². The summed E-state index contributed by atoms with van der Waals surface area (Å²) in [6, 6.07) is 6.80. The van der Waals surface area contributed by atoms with Crippen LogP contribution in [0.2, 0.25) is 0 Å². The molecule has 6 heteroatoms. The monoisotopic (exact) mass is 347 g/mol. The van der Waals surface area contributed by atoms with E-state index in [0.29, 0.717) is 11.5 Å². The minimum Gasteiger partial charge on any atom is -0.380 e. The molecule has 0 saturated carbocycles. The molecule has 2 atom stereocenters. The van der Waals surface area contributed by atoms with E-state index in [9.17, 15) is 8.42 Å². The molecule has 106 valence electrons. The third kappa shape index (κ3) is 3.37. The van der Waals surface area contributed by atoms with E-state index in [0.717, 1.165) is 17.4 Å². The van der Waals surface area contributed by atoms with Crippen LogP contribution >= 0.6 is 15.9 Å². The van der Waals surface area contributed by atoms with Crippen molar-refractivity contribution in [3.05, 3.63) is 28.7 Å². The van der Waals surface area contributed by atoms with E-state index in [-0.39, 0.29) is 12.6 Å². The summed E-state index contributed by atoms with van der Waals surface area (Å²) in [5.74, 6) is 0. The van der Waals surface area contributed by atoms with Gasteiger partial charge in [-0.15, -0.1) is 0 Å². The van der Waals surface area contributed by atoms with Gasteiger partial charge in [0, 0.05) is 17.1 Å². The maximum atomic E-state index is 12.7. The molecule has 0 aliphatic carbocycles. The molecule has 0 amide bonds. The molecule has 2 unspecified atom stereocenters. The number of nitrogens with one attached hydrogen (secondary N) is 1. The number of hydrogen-bond acceptors (Lipinski definition) is 4. The maximum Gasteiger partial charge on any atom is 0.185 e. The minimum atomic E-state index is -3.37. The SMILES string of the molecule is CCNC1CCOCC1S(=O)(=O)c1cccc(Br)c1. The summed E-state index contributed by atoms with van der Waals surface area (Å²) in [5.41, 5.74) is 0. The molecule has 0 spiro atoms. The first-order valence-corrected chi connectivity index (χ1v) is 8.70. The molecule has 0 aromatic heterocycles. The summed E-state index contributed by atoms with van der Waals surface area (Å²) in [6.07, 6.45) is 0.728. The first kappa shape index (κ1) is 15.0. The summed E-state index contributed by atoms with van der Waals surface area (Å²) in [5, 5.41) is 2.74. The van der Waals surface area contributed by atoms with Crippen LogP contribution in [0.1, 0.15) is 13.3 Å². The predicted molar refractivity (Wildman–Crippen MR) is 78.0 cm³/mol. The van der Waals surface area contributed by atoms with Crippen LogP contribution < -0.4 is 5.32 Å². The van der Waals surface area contributed by atoms with Crippen molar-refractivity contribution in [2.45, 2.75) is 29.5 Å². The zero-order valence-corrected chi connectivity index (χ0v) is 13.2. The summed E-state index contributed by atoms with van der Waals surface area (Å²) in [7, 11) is -3.37. The van der Waals surface area contributed by atoms with E-state index < -0.39 is 15.1 Å². The van der Waals surface area contributed by atoms with Crippen molar-refractivity contribution in [1.29, 1.82) is 0 Å². The first-order valence-electron chi connectivity index (χ1n) is 6.36. The van der Waals surface area contributed by atoms with Crippen molar-refractivity contribution in [3.8, 4) is 0 Å². The second-order valence-electron chi connectivity index (χ2n) is 4.57. The van der Waals surface area contributed by atoms with E-state index in [1.807, 2.05) is 13.0 Å². The van der Waals surface area contributed by atoms with Crippen molar-refractivity contribution in [2.75, 3.05) is 19.8 Å². The second kappa shape index (κ2) is 6.35. The fourth-order valence-electron chi connectivity index (χ4n) is 2.33. The Morgan fingerprint density at radius 2 is 2.26 bits per heavy atom. The van der Waals surface area contributed by atoms with E-state index in [2.05, 4.69) is 21.2 Å². The summed E-state index contributed by atoms with van der Waals surface area (Å²) in [4.78, 5) is 0.347. The summed E-state index contributed by atoms with van der Waals surface area (Å²) < 4.78 is 31.5. The number of benzene rings is 1. The Morgan fingerprint density at radius 1 is 1.47 bits per heavy atom. The van der Waals surface area contributed by atoms with Crippen LogP contribution in [0, 0.1) is 0 Å². The Bertz CT molecular complexity index is 530. The molecule has 2 rings (SSSR count). The van der Waals surface area contributed by atoms with Crippen LogP contribution in [-0.4, -0.2) is 39.5 Å². The van der Waals surface area contributed by atoms with Gasteiger partial charge in [0.2, 0.25) is 0 Å². The van der Waals surface area contributed by atoms with E-state index in [4.69, 9.17) is 4.74 Å². The van der Waals surface area contributed by atoms with E-state index in [1.165, 1.54) is 0 Å². The van der Waals surface area contributed by atoms with Gasteiger partial charge in [-0.3, -0.25) is 0 Å². The van der Waals surface area contributed by atoms with Crippen molar-refractivity contribution >= 4 is 25.8 Å². The summed E-state index contributed by atoms with van der Waals surface area (Å²) in [6.45, 7) is 3.61. The van der Waals surface area contributed by atoms with Gasteiger partial charge >= 0.3 is 0 Å². The molecule has 1 aromatic carbocycles. The summed E-state index contributed by atoms with van der Waals surface area (Å²) >= 11 is 3.31. The molecular weight excluding hydrogens is 330 g/mol. The van der Waals surface area contributed by atoms with Gasteiger partial charge in [0.15, 0.2) is 9.84 Å². The molecule has 1 saturated heterocycles. The third-order valence-electron chi connectivity index (χ3n) is 3.29. The smallest absolute Gasteiger partial charge is 0.185 e. The van der Waals surface area contributed by atoms with Crippen LogP contribution in [-0.2, 0) is 14.6 Å². The van der Waals surface area contributed by atoms with Gasteiger partial charge in [0.05, 0.1) is 11.5 Å². The predicted octanol–water partition coefficient (Wildman–Crippen LogP) is 1.99. The number of hydrogen-bond donors (Lipinski definition) is 1. The lowest BCUT2D eigenvalue weighted by molar-refractivity contribution is 0.0812. The van der Waals surface area contributed by atoms with Gasteiger partial charge in [-0.05, 0) is 31.2 Å². The van der Waals surface area contributed by atoms with Crippen molar-refractivity contribution in [2.24, 2.45) is 0 Å². The van der Waals surface area contributed by atoms with Gasteiger partial charge in [0.25, 0.3) is 0 Å². The molecule has 1 aliphatic rings. The minimum absolute atomic E-state index is 0.0391. The molecule has 4 nitrogen and oxygen atoms in total. The highest BCUT2D eigenvalue weighted by Crippen LogP contribution is 2.25. The van der Waals surface area contributed by atoms with Crippen LogP contribution in [0.4, 0.5) is 0 Å². The molecule has 1 heterocycles. The third-order valence-corrected chi connectivity index (χ3v) is 5.96. The molecule has 1 aromatic rings. The highest BCUT2D eigenvalue weighted by molar-refractivity contribution is 9.10. The van der Waals surface area contributed by atoms with Crippen LogP contribution in [0.25, 0.3) is 0 Å². The number of halogens is 1. The quantitative estimate of drug-likeness (QED) is 0.904. The van der Waals surface area contributed by atoms with Gasteiger partial charge < -0.3 is 10.1 Å². The van der Waals surface area contributed by atoms with Gasteiger partial charge in [-0.2, -0.15) is 0 Å². The van der Waals surface area contributed by atoms with Crippen molar-refractivity contribution in [1.82, 2.24) is 5.32 Å². The van der Waals surface area contributed by atoms with Gasteiger partial charge in [-0.1, -0.05) is 28.9 Å². The molecule has 1 aliphatic heterocycles. The zero-order valence-electron chi connectivity index (χ0n) is 10.8. The Kier molecular flexibility index (Phi) is 5.00. The number of ether oxygens (including phenoxy) is 1. The molecule has 1 fully saturated rings. The Balaban J connectivity index is 2.31. The molecule has 19 heavy (non-hydrogen) atoms. The fraction of sp³-hybridized carbons (Fsp3) is 0.538. The second-order valence-corrected chi connectivity index (χ2v) is 7.65. The lowest BCUT2D eigenvalue weighted by Gasteiger charge is -2.31. The largest absolute Gasteiger partial charge is 0.380 e. The first-order chi connectivity index (χ1) is 9.05. The molecule has 0 bridgehead atoms. The highest BCUT2D eigenvalue weighted by Gasteiger charge is 2.36. The number of sulfone groups is 1. The zero-order chi connectivity index (χ0) is 13.9. The van der Waals surface area contributed by atoms with Crippen LogP contribution in [0.15, 0.2) is 33.6 Å². The molecular formula is C13H18BrNO3S. The number of rotatable bonds is 4. The van der Waals surface area contributed by atoms with Crippen LogP contribution in [0.5, 0.6) is 0 Å². The van der Waals surface area contributed by atoms with Crippen molar-refractivity contribution < 1.29 is 13.2 Å². The Labute approximate surface area is 122 Å². The normalized spacial score (nSPS) is 24.3. The van der Waals surface area contributed by atoms with E-state index in [1.54, 1.807) is 18.2 Å². The molecule has 1 N–H and O–H groups in total. The average Bonchev–Trinajstić information content (AvgIpc) is 2.39. The van der Waals surface area contributed by atoms with E-state index >= 15 is 0 Å². The maximum absolute atomic E-state index is 12.7. The Hall–Kier alpha value is -0.430. The van der Waals surface area contributed by atoms with Crippen LogP contribution in [0.3, 0.4) is 0 Å². The highest BCUT2D eigenvalue weighted by atomic mass is 79.9.